The van der Waals surface area contributed by atoms with Crippen LogP contribution in [0.1, 0.15) is 168 Å². The molecule has 44 heavy (non-hydrogen) atoms. The average Bonchev–Trinajstić information content (AvgIpc) is 3.02. The fourth-order valence-electron chi connectivity index (χ4n) is 4.90. The fourth-order valence-corrected chi connectivity index (χ4v) is 4.90. The predicted molar refractivity (Wildman–Crippen MR) is 187 cm³/mol. The second kappa shape index (κ2) is 35.3. The maximum absolute atomic E-state index is 12.1. The highest BCUT2D eigenvalue weighted by Gasteiger charge is 2.16. The van der Waals surface area contributed by atoms with Crippen molar-refractivity contribution in [2.24, 2.45) is 0 Å². The van der Waals surface area contributed by atoms with Crippen molar-refractivity contribution >= 4 is 11.9 Å². The van der Waals surface area contributed by atoms with E-state index in [1.165, 1.54) is 64.2 Å². The molecule has 0 heterocycles. The number of carbonyl (C=O) groups is 2. The van der Waals surface area contributed by atoms with Crippen LogP contribution in [-0.2, 0) is 19.1 Å². The van der Waals surface area contributed by atoms with Gasteiger partial charge in [0, 0.05) is 12.8 Å². The van der Waals surface area contributed by atoms with E-state index < -0.39 is 6.10 Å². The number of aliphatic hydroxyl groups is 1. The molecule has 0 fully saturated rings. The van der Waals surface area contributed by atoms with E-state index >= 15 is 0 Å². The van der Waals surface area contributed by atoms with Gasteiger partial charge in [-0.25, -0.2) is 0 Å². The Kier molecular flexibility index (Phi) is 33.6. The van der Waals surface area contributed by atoms with Gasteiger partial charge < -0.3 is 14.6 Å². The van der Waals surface area contributed by atoms with Crippen LogP contribution in [0.2, 0.25) is 0 Å². The molecule has 5 nitrogen and oxygen atoms in total. The summed E-state index contributed by atoms with van der Waals surface area (Å²) in [6, 6.07) is 0. The molecule has 5 heteroatoms. The number of allylic oxidation sites excluding steroid dienone is 8. The SMILES string of the molecule is CC/C=C\C/C=C\C/C=C\C/C=C\CCCCCCC(=O)OC[C@H](CO)OC(=O)CCCCCCCCCCCCCCC. The molecule has 0 aromatic heterocycles. The van der Waals surface area contributed by atoms with Crippen molar-refractivity contribution in [2.45, 2.75) is 174 Å². The van der Waals surface area contributed by atoms with Gasteiger partial charge >= 0.3 is 11.9 Å². The van der Waals surface area contributed by atoms with Gasteiger partial charge in [-0.05, 0) is 51.4 Å². The van der Waals surface area contributed by atoms with Gasteiger partial charge in [-0.1, -0.05) is 152 Å². The van der Waals surface area contributed by atoms with Crippen molar-refractivity contribution in [1.29, 1.82) is 0 Å². The zero-order valence-electron chi connectivity index (χ0n) is 28.7. The topological polar surface area (TPSA) is 72.8 Å². The average molecular weight is 617 g/mol. The molecule has 0 aromatic carbocycles. The Balaban J connectivity index is 3.63. The van der Waals surface area contributed by atoms with Gasteiger partial charge in [0.1, 0.15) is 6.61 Å². The third-order valence-electron chi connectivity index (χ3n) is 7.64. The normalized spacial score (nSPS) is 12.7. The molecule has 0 aliphatic carbocycles. The monoisotopic (exact) mass is 617 g/mol. The Morgan fingerprint density at radius 2 is 0.977 bits per heavy atom. The molecule has 0 aromatic rings. The molecule has 0 saturated carbocycles. The molecule has 0 radical (unpaired) electrons. The molecule has 0 unspecified atom stereocenters. The van der Waals surface area contributed by atoms with Gasteiger partial charge in [0.25, 0.3) is 0 Å². The molecule has 0 spiro atoms. The summed E-state index contributed by atoms with van der Waals surface area (Å²) in [7, 11) is 0. The van der Waals surface area contributed by atoms with Crippen molar-refractivity contribution in [3.05, 3.63) is 48.6 Å². The Hall–Kier alpha value is -2.14. The van der Waals surface area contributed by atoms with Crippen LogP contribution in [0.15, 0.2) is 48.6 Å². The van der Waals surface area contributed by atoms with E-state index in [2.05, 4.69) is 62.5 Å². The summed E-state index contributed by atoms with van der Waals surface area (Å²) in [4.78, 5) is 24.2. The number of hydrogen-bond donors (Lipinski definition) is 1. The van der Waals surface area contributed by atoms with E-state index in [-0.39, 0.29) is 25.2 Å². The van der Waals surface area contributed by atoms with Crippen molar-refractivity contribution in [2.75, 3.05) is 13.2 Å². The summed E-state index contributed by atoms with van der Waals surface area (Å²) in [6.45, 7) is 3.99. The highest BCUT2D eigenvalue weighted by atomic mass is 16.6. The first-order chi connectivity index (χ1) is 21.6. The Morgan fingerprint density at radius 1 is 0.545 bits per heavy atom. The minimum absolute atomic E-state index is 0.0779. The van der Waals surface area contributed by atoms with E-state index in [0.29, 0.717) is 12.8 Å². The van der Waals surface area contributed by atoms with Gasteiger partial charge in [-0.15, -0.1) is 0 Å². The summed E-state index contributed by atoms with van der Waals surface area (Å²) in [5, 5.41) is 9.52. The highest BCUT2D eigenvalue weighted by Crippen LogP contribution is 2.13. The maximum atomic E-state index is 12.1. The van der Waals surface area contributed by atoms with Crippen LogP contribution in [-0.4, -0.2) is 36.4 Å². The third kappa shape index (κ3) is 32.8. The number of aliphatic hydroxyl groups excluding tert-OH is 1. The molecule has 254 valence electrons. The lowest BCUT2D eigenvalue weighted by atomic mass is 10.0. The molecule has 0 amide bonds. The second-order valence-corrected chi connectivity index (χ2v) is 11.9. The lowest BCUT2D eigenvalue weighted by Gasteiger charge is -2.15. The standard InChI is InChI=1S/C39H68O5/c1-3-5-7-9-11-13-15-17-18-19-20-22-23-25-27-29-31-33-38(41)43-36-37(35-40)44-39(42)34-32-30-28-26-24-21-16-14-12-10-8-6-4-2/h5,7,11,13,17-18,20,22,37,40H,3-4,6,8-10,12,14-16,19,21,23-36H2,1-2H3/b7-5-,13-11-,18-17-,22-20-/t37-/m0/s1. The van der Waals surface area contributed by atoms with E-state index in [9.17, 15) is 14.7 Å². The molecule has 0 aliphatic heterocycles. The number of esters is 2. The van der Waals surface area contributed by atoms with E-state index in [1.807, 2.05) is 0 Å². The Bertz CT molecular complexity index is 752. The van der Waals surface area contributed by atoms with Crippen molar-refractivity contribution in [1.82, 2.24) is 0 Å². The summed E-state index contributed by atoms with van der Waals surface area (Å²) < 4.78 is 10.6. The first kappa shape index (κ1) is 41.9. The zero-order chi connectivity index (χ0) is 32.2. The molecule has 1 atom stereocenters. The minimum Gasteiger partial charge on any atom is -0.462 e. The first-order valence-electron chi connectivity index (χ1n) is 18.2. The lowest BCUT2D eigenvalue weighted by molar-refractivity contribution is -0.161. The van der Waals surface area contributed by atoms with Gasteiger partial charge in [0.15, 0.2) is 6.10 Å². The molecule has 0 aliphatic rings. The summed E-state index contributed by atoms with van der Waals surface area (Å²) in [5.74, 6) is -0.619. The Labute approximate surface area is 271 Å². The molecule has 0 bridgehead atoms. The van der Waals surface area contributed by atoms with Crippen LogP contribution in [0.5, 0.6) is 0 Å². The largest absolute Gasteiger partial charge is 0.462 e. The van der Waals surface area contributed by atoms with E-state index in [1.54, 1.807) is 0 Å². The summed E-state index contributed by atoms with van der Waals surface area (Å²) in [6.07, 6.45) is 43.0. The number of ether oxygens (including phenoxy) is 2. The maximum Gasteiger partial charge on any atom is 0.306 e. The van der Waals surface area contributed by atoms with Crippen molar-refractivity contribution in [3.63, 3.8) is 0 Å². The van der Waals surface area contributed by atoms with Crippen molar-refractivity contribution < 1.29 is 24.2 Å². The van der Waals surface area contributed by atoms with E-state index in [0.717, 1.165) is 77.0 Å². The zero-order valence-corrected chi connectivity index (χ0v) is 28.7. The van der Waals surface area contributed by atoms with Crippen LogP contribution in [0, 0.1) is 0 Å². The van der Waals surface area contributed by atoms with Crippen LogP contribution in [0.25, 0.3) is 0 Å². The molecular weight excluding hydrogens is 548 g/mol. The Morgan fingerprint density at radius 3 is 1.48 bits per heavy atom. The van der Waals surface area contributed by atoms with Crippen LogP contribution >= 0.6 is 0 Å². The fraction of sp³-hybridized carbons (Fsp3) is 0.744. The van der Waals surface area contributed by atoms with Crippen LogP contribution in [0.4, 0.5) is 0 Å². The number of unbranched alkanes of at least 4 members (excludes halogenated alkanes) is 16. The van der Waals surface area contributed by atoms with Crippen molar-refractivity contribution in [3.8, 4) is 0 Å². The van der Waals surface area contributed by atoms with Gasteiger partial charge in [0.2, 0.25) is 0 Å². The minimum atomic E-state index is -0.778. The summed E-state index contributed by atoms with van der Waals surface area (Å²) >= 11 is 0. The predicted octanol–water partition coefficient (Wildman–Crippen LogP) is 11.1. The molecular formula is C39H68O5. The highest BCUT2D eigenvalue weighted by molar-refractivity contribution is 5.70. The third-order valence-corrected chi connectivity index (χ3v) is 7.64. The number of carbonyl (C=O) groups excluding carboxylic acids is 2. The van der Waals surface area contributed by atoms with E-state index in [4.69, 9.17) is 9.47 Å². The smallest absolute Gasteiger partial charge is 0.306 e. The van der Waals surface area contributed by atoms with Gasteiger partial charge in [0.05, 0.1) is 6.61 Å². The number of rotatable bonds is 32. The molecule has 1 N–H and O–H groups in total. The quantitative estimate of drug-likeness (QED) is 0.0462. The van der Waals surface area contributed by atoms with Crippen LogP contribution in [0.3, 0.4) is 0 Å². The van der Waals surface area contributed by atoms with Gasteiger partial charge in [-0.2, -0.15) is 0 Å². The van der Waals surface area contributed by atoms with Crippen LogP contribution < -0.4 is 0 Å². The number of hydrogen-bond acceptors (Lipinski definition) is 5. The first-order valence-corrected chi connectivity index (χ1v) is 18.2. The molecule has 0 rings (SSSR count). The summed E-state index contributed by atoms with van der Waals surface area (Å²) in [5.41, 5.74) is 0. The molecule has 0 saturated heterocycles. The second-order valence-electron chi connectivity index (χ2n) is 11.9. The lowest BCUT2D eigenvalue weighted by Crippen LogP contribution is -2.28. The van der Waals surface area contributed by atoms with Gasteiger partial charge in [-0.3, -0.25) is 9.59 Å².